The van der Waals surface area contributed by atoms with E-state index in [0.717, 1.165) is 0 Å². The molecule has 0 atom stereocenters. The lowest BCUT2D eigenvalue weighted by Gasteiger charge is -2.38. The second kappa shape index (κ2) is 6.42. The molecular formula is C15H25N3O4. The normalized spacial score (nSPS) is 17.0. The standard InChI is InChI=1S/C15H25N3O4/c1-14(2,3)21-12(19)17-8-11(7-16)9-18(10-17)13(20)22-15(4,5)6/h11H,8-10H2,1-6H3. The van der Waals surface area contributed by atoms with Crippen molar-refractivity contribution in [3.8, 4) is 6.07 Å². The Labute approximate surface area is 131 Å². The van der Waals surface area contributed by atoms with Crippen LogP contribution in [0, 0.1) is 17.2 Å². The summed E-state index contributed by atoms with van der Waals surface area (Å²) in [5.74, 6) is -0.464. The molecule has 0 aromatic heterocycles. The number of rotatable bonds is 0. The summed E-state index contributed by atoms with van der Waals surface area (Å²) in [5.41, 5.74) is -1.26. The lowest BCUT2D eigenvalue weighted by molar-refractivity contribution is -0.0185. The molecule has 2 amide bonds. The van der Waals surface area contributed by atoms with Crippen molar-refractivity contribution in [2.45, 2.75) is 52.7 Å². The third-order valence-electron chi connectivity index (χ3n) is 2.71. The van der Waals surface area contributed by atoms with Crippen LogP contribution in [0.15, 0.2) is 0 Å². The third-order valence-corrected chi connectivity index (χ3v) is 2.71. The summed E-state index contributed by atoms with van der Waals surface area (Å²) >= 11 is 0. The monoisotopic (exact) mass is 311 g/mol. The van der Waals surface area contributed by atoms with Gasteiger partial charge in [-0.15, -0.1) is 0 Å². The Morgan fingerprint density at radius 3 is 1.59 bits per heavy atom. The molecule has 1 fully saturated rings. The molecule has 7 nitrogen and oxygen atoms in total. The van der Waals surface area contributed by atoms with E-state index in [-0.39, 0.29) is 19.8 Å². The predicted molar refractivity (Wildman–Crippen MR) is 79.9 cm³/mol. The number of ether oxygens (including phenoxy) is 2. The number of amides is 2. The Bertz CT molecular complexity index is 435. The zero-order valence-corrected chi connectivity index (χ0v) is 14.2. The molecule has 1 aliphatic rings. The number of carbonyl (C=O) groups excluding carboxylic acids is 2. The minimum atomic E-state index is -0.632. The van der Waals surface area contributed by atoms with Gasteiger partial charge in [0, 0.05) is 13.1 Å². The topological polar surface area (TPSA) is 82.9 Å². The average molecular weight is 311 g/mol. The van der Waals surface area contributed by atoms with Crippen LogP contribution < -0.4 is 0 Å². The summed E-state index contributed by atoms with van der Waals surface area (Å²) in [5, 5.41) is 9.15. The van der Waals surface area contributed by atoms with Gasteiger partial charge >= 0.3 is 12.2 Å². The van der Waals surface area contributed by atoms with Crippen LogP contribution in [-0.4, -0.2) is 52.9 Å². The first-order valence-electron chi connectivity index (χ1n) is 7.27. The van der Waals surface area contributed by atoms with Crippen LogP contribution in [0.5, 0.6) is 0 Å². The molecule has 0 saturated carbocycles. The molecule has 0 aromatic carbocycles. The van der Waals surface area contributed by atoms with Gasteiger partial charge in [0.1, 0.15) is 17.9 Å². The minimum Gasteiger partial charge on any atom is -0.444 e. The molecule has 0 N–H and O–H groups in total. The van der Waals surface area contributed by atoms with Crippen molar-refractivity contribution in [3.63, 3.8) is 0 Å². The highest BCUT2D eigenvalue weighted by Crippen LogP contribution is 2.18. The van der Waals surface area contributed by atoms with Crippen LogP contribution in [-0.2, 0) is 9.47 Å². The van der Waals surface area contributed by atoms with Gasteiger partial charge in [0.05, 0.1) is 12.0 Å². The van der Waals surface area contributed by atoms with E-state index in [2.05, 4.69) is 6.07 Å². The Kier molecular flexibility index (Phi) is 5.28. The zero-order valence-electron chi connectivity index (χ0n) is 14.2. The van der Waals surface area contributed by atoms with E-state index in [9.17, 15) is 9.59 Å². The van der Waals surface area contributed by atoms with Gasteiger partial charge in [-0.2, -0.15) is 5.26 Å². The minimum absolute atomic E-state index is 0.0575. The van der Waals surface area contributed by atoms with E-state index in [1.807, 2.05) is 0 Å². The summed E-state index contributed by atoms with van der Waals surface area (Å²) in [6.45, 7) is 11.1. The van der Waals surface area contributed by atoms with Gasteiger partial charge in [-0.1, -0.05) is 0 Å². The van der Waals surface area contributed by atoms with Crippen molar-refractivity contribution in [1.29, 1.82) is 5.26 Å². The van der Waals surface area contributed by atoms with Crippen molar-refractivity contribution in [3.05, 3.63) is 0 Å². The lowest BCUT2D eigenvalue weighted by atomic mass is 10.1. The Balaban J connectivity index is 2.79. The molecule has 0 bridgehead atoms. The van der Waals surface area contributed by atoms with E-state index < -0.39 is 29.3 Å². The fourth-order valence-corrected chi connectivity index (χ4v) is 1.91. The molecule has 1 rings (SSSR count). The largest absolute Gasteiger partial charge is 0.444 e. The molecule has 1 saturated heterocycles. The molecule has 22 heavy (non-hydrogen) atoms. The fourth-order valence-electron chi connectivity index (χ4n) is 1.91. The Hall–Kier alpha value is -1.97. The van der Waals surface area contributed by atoms with Crippen LogP contribution in [0.4, 0.5) is 9.59 Å². The van der Waals surface area contributed by atoms with Gasteiger partial charge in [-0.05, 0) is 41.5 Å². The van der Waals surface area contributed by atoms with Crippen LogP contribution >= 0.6 is 0 Å². The second-order valence-electron chi connectivity index (χ2n) is 7.37. The highest BCUT2D eigenvalue weighted by molar-refractivity contribution is 5.71. The number of hydrogen-bond donors (Lipinski definition) is 0. The Morgan fingerprint density at radius 1 is 0.955 bits per heavy atom. The number of hydrogen-bond acceptors (Lipinski definition) is 5. The highest BCUT2D eigenvalue weighted by atomic mass is 16.6. The van der Waals surface area contributed by atoms with Gasteiger partial charge in [-0.25, -0.2) is 9.59 Å². The zero-order chi connectivity index (χ0) is 17.1. The maximum atomic E-state index is 12.1. The van der Waals surface area contributed by atoms with Gasteiger partial charge in [0.2, 0.25) is 0 Å². The third kappa shape index (κ3) is 5.80. The van der Waals surface area contributed by atoms with Gasteiger partial charge in [-0.3, -0.25) is 9.80 Å². The lowest BCUT2D eigenvalue weighted by Crippen LogP contribution is -2.55. The van der Waals surface area contributed by atoms with E-state index >= 15 is 0 Å². The summed E-state index contributed by atoms with van der Waals surface area (Å²) in [7, 11) is 0. The molecule has 7 heteroatoms. The molecule has 1 aliphatic heterocycles. The van der Waals surface area contributed by atoms with Crippen molar-refractivity contribution in [2.24, 2.45) is 5.92 Å². The van der Waals surface area contributed by atoms with Gasteiger partial charge in [0.15, 0.2) is 0 Å². The summed E-state index contributed by atoms with van der Waals surface area (Å²) in [4.78, 5) is 27.0. The van der Waals surface area contributed by atoms with Crippen LogP contribution in [0.1, 0.15) is 41.5 Å². The summed E-state index contributed by atoms with van der Waals surface area (Å²) < 4.78 is 10.6. The van der Waals surface area contributed by atoms with Gasteiger partial charge in [0.25, 0.3) is 0 Å². The van der Waals surface area contributed by atoms with Crippen molar-refractivity contribution >= 4 is 12.2 Å². The van der Waals surface area contributed by atoms with Crippen LogP contribution in [0.25, 0.3) is 0 Å². The van der Waals surface area contributed by atoms with Crippen molar-refractivity contribution < 1.29 is 19.1 Å². The maximum Gasteiger partial charge on any atom is 0.411 e. The van der Waals surface area contributed by atoms with Crippen molar-refractivity contribution in [1.82, 2.24) is 9.80 Å². The molecule has 0 unspecified atom stereocenters. The Morgan fingerprint density at radius 2 is 1.32 bits per heavy atom. The first-order valence-corrected chi connectivity index (χ1v) is 7.27. The molecule has 0 aromatic rings. The van der Waals surface area contributed by atoms with E-state index in [4.69, 9.17) is 14.7 Å². The first-order chi connectivity index (χ1) is 9.91. The number of nitriles is 1. The first kappa shape index (κ1) is 18.1. The second-order valence-corrected chi connectivity index (χ2v) is 7.37. The van der Waals surface area contributed by atoms with Crippen LogP contribution in [0.3, 0.4) is 0 Å². The van der Waals surface area contributed by atoms with E-state index in [1.165, 1.54) is 9.80 Å². The molecule has 0 radical (unpaired) electrons. The maximum absolute atomic E-state index is 12.1. The SMILES string of the molecule is CC(C)(C)OC(=O)N1CC(C#N)CN(C(=O)OC(C)(C)C)C1. The number of nitrogens with zero attached hydrogens (tertiary/aromatic N) is 3. The predicted octanol–water partition coefficient (Wildman–Crippen LogP) is 2.57. The molecule has 124 valence electrons. The van der Waals surface area contributed by atoms with E-state index in [0.29, 0.717) is 0 Å². The fraction of sp³-hybridized carbons (Fsp3) is 0.800. The highest BCUT2D eigenvalue weighted by Gasteiger charge is 2.35. The molecule has 1 heterocycles. The average Bonchev–Trinajstić information content (AvgIpc) is 2.34. The summed E-state index contributed by atoms with van der Waals surface area (Å²) in [6, 6.07) is 2.10. The molecular weight excluding hydrogens is 286 g/mol. The van der Waals surface area contributed by atoms with Crippen LogP contribution in [0.2, 0.25) is 0 Å². The van der Waals surface area contributed by atoms with E-state index in [1.54, 1.807) is 41.5 Å². The smallest absolute Gasteiger partial charge is 0.411 e. The summed E-state index contributed by atoms with van der Waals surface area (Å²) in [6.07, 6.45) is -1.08. The van der Waals surface area contributed by atoms with Crippen molar-refractivity contribution in [2.75, 3.05) is 19.8 Å². The number of carbonyl (C=O) groups is 2. The quantitative estimate of drug-likeness (QED) is 0.686. The molecule has 0 spiro atoms. The molecule has 0 aliphatic carbocycles. The van der Waals surface area contributed by atoms with Gasteiger partial charge < -0.3 is 9.47 Å².